The van der Waals surface area contributed by atoms with Crippen molar-refractivity contribution < 1.29 is 0 Å². The fourth-order valence-corrected chi connectivity index (χ4v) is 5.26. The lowest BCUT2D eigenvalue weighted by atomic mass is 9.55. The van der Waals surface area contributed by atoms with Gasteiger partial charge in [0.15, 0.2) is 0 Å². The molecule has 112 valence electrons. The molecule has 0 heteroatoms. The van der Waals surface area contributed by atoms with Gasteiger partial charge in [0.05, 0.1) is 0 Å². The van der Waals surface area contributed by atoms with E-state index in [1.165, 1.54) is 51.4 Å². The molecule has 0 heterocycles. The molecule has 2 fully saturated rings. The minimum Gasteiger partial charge on any atom is -0.0651 e. The van der Waals surface area contributed by atoms with E-state index in [0.29, 0.717) is 5.41 Å². The Kier molecular flexibility index (Phi) is 5.01. The van der Waals surface area contributed by atoms with E-state index in [1.54, 1.807) is 0 Å². The van der Waals surface area contributed by atoms with Crippen molar-refractivity contribution in [3.63, 3.8) is 0 Å². The Morgan fingerprint density at radius 1 is 1.11 bits per heavy atom. The van der Waals surface area contributed by atoms with Crippen molar-refractivity contribution in [1.82, 2.24) is 0 Å². The molecule has 4 atom stereocenters. The Hall–Kier alpha value is 0. The normalized spacial score (nSPS) is 37.6. The van der Waals surface area contributed by atoms with Gasteiger partial charge in [-0.3, -0.25) is 0 Å². The fourth-order valence-electron chi connectivity index (χ4n) is 5.26. The van der Waals surface area contributed by atoms with Crippen LogP contribution >= 0.6 is 0 Å². The summed E-state index contributed by atoms with van der Waals surface area (Å²) in [6.45, 7) is 12.4. The highest BCUT2D eigenvalue weighted by Gasteiger charge is 2.53. The summed E-state index contributed by atoms with van der Waals surface area (Å²) < 4.78 is 0. The summed E-state index contributed by atoms with van der Waals surface area (Å²) in [5.41, 5.74) is 0.707. The minimum absolute atomic E-state index is 0.707. The molecular formula is C19H36. The number of hydrogen-bond acceptors (Lipinski definition) is 0. The third-order valence-electron chi connectivity index (χ3n) is 7.17. The summed E-state index contributed by atoms with van der Waals surface area (Å²) in [7, 11) is 0. The molecule has 4 unspecified atom stereocenters. The quantitative estimate of drug-likeness (QED) is 0.528. The van der Waals surface area contributed by atoms with Gasteiger partial charge in [0.25, 0.3) is 0 Å². The SMILES string of the molecule is CCC(C)CCC1CCC(C(C)C)(C2CCC2)C1C. The third-order valence-corrected chi connectivity index (χ3v) is 7.17. The summed E-state index contributed by atoms with van der Waals surface area (Å²) in [6.07, 6.45) is 11.9. The molecule has 0 aromatic heterocycles. The van der Waals surface area contributed by atoms with E-state index in [9.17, 15) is 0 Å². The van der Waals surface area contributed by atoms with Crippen LogP contribution < -0.4 is 0 Å². The first-order valence-electron chi connectivity index (χ1n) is 9.02. The number of rotatable bonds is 6. The zero-order chi connectivity index (χ0) is 14.0. The van der Waals surface area contributed by atoms with E-state index in [4.69, 9.17) is 0 Å². The molecule has 2 aliphatic rings. The van der Waals surface area contributed by atoms with Crippen LogP contribution in [0.4, 0.5) is 0 Å². The van der Waals surface area contributed by atoms with Crippen molar-refractivity contribution in [3.8, 4) is 0 Å². The first kappa shape index (κ1) is 15.4. The van der Waals surface area contributed by atoms with Crippen LogP contribution in [0.25, 0.3) is 0 Å². The molecular weight excluding hydrogens is 228 g/mol. The molecule has 0 spiro atoms. The van der Waals surface area contributed by atoms with Gasteiger partial charge in [-0.15, -0.1) is 0 Å². The highest BCUT2D eigenvalue weighted by molar-refractivity contribution is 5.02. The molecule has 2 rings (SSSR count). The average Bonchev–Trinajstić information content (AvgIpc) is 2.63. The first-order valence-corrected chi connectivity index (χ1v) is 9.02. The molecule has 0 aromatic carbocycles. The van der Waals surface area contributed by atoms with E-state index in [2.05, 4.69) is 34.6 Å². The maximum Gasteiger partial charge on any atom is -0.0218 e. The van der Waals surface area contributed by atoms with E-state index in [0.717, 1.165) is 29.6 Å². The second-order valence-corrected chi connectivity index (χ2v) is 8.07. The lowest BCUT2D eigenvalue weighted by Crippen LogP contribution is -2.42. The van der Waals surface area contributed by atoms with Gasteiger partial charge in [0, 0.05) is 0 Å². The van der Waals surface area contributed by atoms with Gasteiger partial charge in [0.2, 0.25) is 0 Å². The van der Waals surface area contributed by atoms with Gasteiger partial charge in [-0.25, -0.2) is 0 Å². The summed E-state index contributed by atoms with van der Waals surface area (Å²) in [5, 5.41) is 0. The molecule has 2 saturated carbocycles. The van der Waals surface area contributed by atoms with Gasteiger partial charge in [-0.05, 0) is 67.1 Å². The number of hydrogen-bond donors (Lipinski definition) is 0. The molecule has 0 saturated heterocycles. The molecule has 0 N–H and O–H groups in total. The van der Waals surface area contributed by atoms with E-state index < -0.39 is 0 Å². The zero-order valence-corrected chi connectivity index (χ0v) is 14.0. The van der Waals surface area contributed by atoms with E-state index >= 15 is 0 Å². The standard InChI is InChI=1S/C19H36/c1-6-15(4)10-11-17-12-13-19(14(2)3,16(17)5)18-8-7-9-18/h14-18H,6-13H2,1-5H3. The zero-order valence-electron chi connectivity index (χ0n) is 14.0. The first-order chi connectivity index (χ1) is 9.02. The average molecular weight is 264 g/mol. The second kappa shape index (κ2) is 6.19. The smallest absolute Gasteiger partial charge is 0.0218 e. The molecule has 0 aromatic rings. The summed E-state index contributed by atoms with van der Waals surface area (Å²) in [6, 6.07) is 0. The van der Waals surface area contributed by atoms with Gasteiger partial charge < -0.3 is 0 Å². The van der Waals surface area contributed by atoms with Crippen molar-refractivity contribution in [2.75, 3.05) is 0 Å². The molecule has 0 nitrogen and oxygen atoms in total. The van der Waals surface area contributed by atoms with Gasteiger partial charge in [-0.2, -0.15) is 0 Å². The van der Waals surface area contributed by atoms with Gasteiger partial charge in [-0.1, -0.05) is 53.9 Å². The predicted octanol–water partition coefficient (Wildman–Crippen LogP) is 6.30. The van der Waals surface area contributed by atoms with Crippen LogP contribution in [0.2, 0.25) is 0 Å². The molecule has 0 amide bonds. The highest BCUT2D eigenvalue weighted by Crippen LogP contribution is 2.61. The summed E-state index contributed by atoms with van der Waals surface area (Å²) in [5.74, 6) is 4.89. The lowest BCUT2D eigenvalue weighted by Gasteiger charge is -2.50. The van der Waals surface area contributed by atoms with Crippen LogP contribution in [-0.4, -0.2) is 0 Å². The predicted molar refractivity (Wildman–Crippen MR) is 85.2 cm³/mol. The molecule has 2 aliphatic carbocycles. The maximum absolute atomic E-state index is 2.60. The monoisotopic (exact) mass is 264 g/mol. The Morgan fingerprint density at radius 3 is 2.26 bits per heavy atom. The largest absolute Gasteiger partial charge is 0.0651 e. The van der Waals surface area contributed by atoms with Crippen LogP contribution in [0.5, 0.6) is 0 Å². The Labute approximate surface area is 121 Å². The minimum atomic E-state index is 0.707. The van der Waals surface area contributed by atoms with Crippen LogP contribution in [0.15, 0.2) is 0 Å². The van der Waals surface area contributed by atoms with E-state index in [-0.39, 0.29) is 0 Å². The third kappa shape index (κ3) is 2.74. The van der Waals surface area contributed by atoms with Crippen molar-refractivity contribution in [2.24, 2.45) is 35.0 Å². The Morgan fingerprint density at radius 2 is 1.79 bits per heavy atom. The fraction of sp³-hybridized carbons (Fsp3) is 1.00. The van der Waals surface area contributed by atoms with Crippen molar-refractivity contribution in [1.29, 1.82) is 0 Å². The van der Waals surface area contributed by atoms with Gasteiger partial charge in [0.1, 0.15) is 0 Å². The van der Waals surface area contributed by atoms with Gasteiger partial charge >= 0.3 is 0 Å². The Balaban J connectivity index is 1.99. The van der Waals surface area contributed by atoms with E-state index in [1.807, 2.05) is 0 Å². The second-order valence-electron chi connectivity index (χ2n) is 8.07. The molecule has 0 aliphatic heterocycles. The van der Waals surface area contributed by atoms with Crippen LogP contribution in [0.3, 0.4) is 0 Å². The summed E-state index contributed by atoms with van der Waals surface area (Å²) in [4.78, 5) is 0. The Bertz CT molecular complexity index is 276. The van der Waals surface area contributed by atoms with Crippen LogP contribution in [-0.2, 0) is 0 Å². The maximum atomic E-state index is 2.60. The molecule has 19 heavy (non-hydrogen) atoms. The van der Waals surface area contributed by atoms with Crippen molar-refractivity contribution in [2.45, 2.75) is 86.0 Å². The summed E-state index contributed by atoms with van der Waals surface area (Å²) >= 11 is 0. The topological polar surface area (TPSA) is 0 Å². The van der Waals surface area contributed by atoms with Crippen LogP contribution in [0, 0.1) is 35.0 Å². The highest BCUT2D eigenvalue weighted by atomic mass is 14.6. The van der Waals surface area contributed by atoms with Crippen molar-refractivity contribution in [3.05, 3.63) is 0 Å². The molecule has 0 radical (unpaired) electrons. The van der Waals surface area contributed by atoms with Crippen molar-refractivity contribution >= 4 is 0 Å². The lowest BCUT2D eigenvalue weighted by molar-refractivity contribution is -0.00880. The molecule has 0 bridgehead atoms. The van der Waals surface area contributed by atoms with Crippen LogP contribution in [0.1, 0.15) is 86.0 Å².